The predicted octanol–water partition coefficient (Wildman–Crippen LogP) is 2.62. The van der Waals surface area contributed by atoms with Gasteiger partial charge in [-0.1, -0.05) is 42.0 Å². The standard InChI is InChI=1S/C23H31N3O4S/c1-6-24-23(28)19(4)25(15-20-10-8-7-9-18(20)3)22(27)16-26(31(5,29)30)21-13-11-17(2)12-14-21/h7-14,19H,6,15-16H2,1-5H3,(H,24,28)/t19-/m1/s1. The Morgan fingerprint density at radius 1 is 1.03 bits per heavy atom. The van der Waals surface area contributed by atoms with Crippen molar-refractivity contribution in [3.8, 4) is 0 Å². The van der Waals surface area contributed by atoms with E-state index >= 15 is 0 Å². The Kier molecular flexibility index (Phi) is 8.21. The van der Waals surface area contributed by atoms with Crippen LogP contribution in [0.5, 0.6) is 0 Å². The van der Waals surface area contributed by atoms with Crippen LogP contribution >= 0.6 is 0 Å². The van der Waals surface area contributed by atoms with Gasteiger partial charge in [0.25, 0.3) is 0 Å². The summed E-state index contributed by atoms with van der Waals surface area (Å²) in [5.41, 5.74) is 3.27. The van der Waals surface area contributed by atoms with Crippen molar-refractivity contribution in [1.82, 2.24) is 10.2 Å². The molecular weight excluding hydrogens is 414 g/mol. The van der Waals surface area contributed by atoms with Crippen LogP contribution < -0.4 is 9.62 Å². The average Bonchev–Trinajstić information content (AvgIpc) is 2.71. The Hall–Kier alpha value is -2.87. The van der Waals surface area contributed by atoms with Crippen molar-refractivity contribution < 1.29 is 18.0 Å². The molecule has 0 saturated heterocycles. The molecule has 1 atom stereocenters. The second-order valence-corrected chi connectivity index (χ2v) is 9.53. The zero-order chi connectivity index (χ0) is 23.2. The zero-order valence-corrected chi connectivity index (χ0v) is 19.6. The monoisotopic (exact) mass is 445 g/mol. The van der Waals surface area contributed by atoms with Crippen molar-refractivity contribution in [3.05, 3.63) is 65.2 Å². The number of anilines is 1. The molecule has 0 aliphatic heterocycles. The van der Waals surface area contributed by atoms with E-state index in [4.69, 9.17) is 0 Å². The van der Waals surface area contributed by atoms with Crippen molar-refractivity contribution in [3.63, 3.8) is 0 Å². The number of hydrogen-bond acceptors (Lipinski definition) is 4. The van der Waals surface area contributed by atoms with Crippen LogP contribution in [-0.2, 0) is 26.2 Å². The summed E-state index contributed by atoms with van der Waals surface area (Å²) in [6, 6.07) is 13.8. The molecule has 0 saturated carbocycles. The third kappa shape index (κ3) is 6.55. The van der Waals surface area contributed by atoms with E-state index in [0.717, 1.165) is 27.3 Å². The van der Waals surface area contributed by atoms with Gasteiger partial charge in [-0.3, -0.25) is 13.9 Å². The van der Waals surface area contributed by atoms with Gasteiger partial charge in [-0.05, 0) is 51.0 Å². The quantitative estimate of drug-likeness (QED) is 0.643. The van der Waals surface area contributed by atoms with Crippen LogP contribution in [0.4, 0.5) is 5.69 Å². The number of rotatable bonds is 9. The van der Waals surface area contributed by atoms with E-state index < -0.39 is 28.5 Å². The molecule has 0 aliphatic carbocycles. The smallest absolute Gasteiger partial charge is 0.244 e. The molecule has 0 fully saturated rings. The van der Waals surface area contributed by atoms with Crippen LogP contribution in [0.2, 0.25) is 0 Å². The van der Waals surface area contributed by atoms with E-state index in [2.05, 4.69) is 5.32 Å². The van der Waals surface area contributed by atoms with E-state index in [1.54, 1.807) is 38.1 Å². The lowest BCUT2D eigenvalue weighted by Crippen LogP contribution is -2.51. The van der Waals surface area contributed by atoms with Gasteiger partial charge < -0.3 is 10.2 Å². The van der Waals surface area contributed by atoms with Gasteiger partial charge in [0.15, 0.2) is 0 Å². The van der Waals surface area contributed by atoms with Crippen LogP contribution in [0.1, 0.15) is 30.5 Å². The SMILES string of the molecule is CCNC(=O)[C@@H](C)N(Cc1ccccc1C)C(=O)CN(c1ccc(C)cc1)S(C)(=O)=O. The maximum absolute atomic E-state index is 13.3. The molecule has 168 valence electrons. The molecule has 2 rings (SSSR count). The fraction of sp³-hybridized carbons (Fsp3) is 0.391. The molecule has 2 aromatic carbocycles. The van der Waals surface area contributed by atoms with Gasteiger partial charge in [-0.15, -0.1) is 0 Å². The molecule has 0 aliphatic rings. The predicted molar refractivity (Wildman–Crippen MR) is 123 cm³/mol. The highest BCUT2D eigenvalue weighted by Crippen LogP contribution is 2.20. The van der Waals surface area contributed by atoms with Gasteiger partial charge in [0.05, 0.1) is 11.9 Å². The van der Waals surface area contributed by atoms with Gasteiger partial charge in [-0.2, -0.15) is 0 Å². The summed E-state index contributed by atoms with van der Waals surface area (Å²) >= 11 is 0. The van der Waals surface area contributed by atoms with Crippen LogP contribution in [0.25, 0.3) is 0 Å². The highest BCUT2D eigenvalue weighted by Gasteiger charge is 2.30. The number of nitrogens with zero attached hydrogens (tertiary/aromatic N) is 2. The minimum absolute atomic E-state index is 0.204. The van der Waals surface area contributed by atoms with Crippen LogP contribution in [0.3, 0.4) is 0 Å². The Bertz CT molecular complexity index is 1020. The summed E-state index contributed by atoms with van der Waals surface area (Å²) in [5, 5.41) is 2.74. The van der Waals surface area contributed by atoms with E-state index in [-0.39, 0.29) is 12.5 Å². The van der Waals surface area contributed by atoms with E-state index in [0.29, 0.717) is 12.2 Å². The lowest BCUT2D eigenvalue weighted by molar-refractivity contribution is -0.139. The van der Waals surface area contributed by atoms with E-state index in [9.17, 15) is 18.0 Å². The number of likely N-dealkylation sites (N-methyl/N-ethyl adjacent to an activating group) is 1. The van der Waals surface area contributed by atoms with E-state index in [1.165, 1.54) is 4.90 Å². The molecule has 31 heavy (non-hydrogen) atoms. The normalized spacial score (nSPS) is 12.2. The number of benzene rings is 2. The third-order valence-corrected chi connectivity index (χ3v) is 6.26. The first kappa shape index (κ1) is 24.4. The van der Waals surface area contributed by atoms with Gasteiger partial charge in [-0.25, -0.2) is 8.42 Å². The Morgan fingerprint density at radius 2 is 1.65 bits per heavy atom. The fourth-order valence-corrected chi connectivity index (χ4v) is 4.05. The first-order valence-corrected chi connectivity index (χ1v) is 12.1. The molecule has 0 unspecified atom stereocenters. The maximum Gasteiger partial charge on any atom is 0.244 e. The number of carbonyl (C=O) groups is 2. The van der Waals surface area contributed by atoms with Gasteiger partial charge >= 0.3 is 0 Å². The highest BCUT2D eigenvalue weighted by atomic mass is 32.2. The number of amides is 2. The molecule has 8 heteroatoms. The van der Waals surface area contributed by atoms with Gasteiger partial charge in [0.2, 0.25) is 21.8 Å². The molecule has 2 amide bonds. The first-order chi connectivity index (χ1) is 14.5. The lowest BCUT2D eigenvalue weighted by atomic mass is 10.1. The number of carbonyl (C=O) groups excluding carboxylic acids is 2. The molecule has 0 heterocycles. The summed E-state index contributed by atoms with van der Waals surface area (Å²) in [6.07, 6.45) is 1.07. The molecule has 2 aromatic rings. The van der Waals surface area contributed by atoms with Crippen LogP contribution in [-0.4, -0.2) is 50.5 Å². The summed E-state index contributed by atoms with van der Waals surface area (Å²) in [6.45, 7) is 7.54. The van der Waals surface area contributed by atoms with Crippen molar-refractivity contribution in [2.24, 2.45) is 0 Å². The molecule has 0 bridgehead atoms. The zero-order valence-electron chi connectivity index (χ0n) is 18.8. The van der Waals surface area contributed by atoms with Crippen LogP contribution in [0, 0.1) is 13.8 Å². The van der Waals surface area contributed by atoms with E-state index in [1.807, 2.05) is 38.1 Å². The van der Waals surface area contributed by atoms with Crippen molar-refractivity contribution in [2.45, 2.75) is 40.3 Å². The Labute approximate surface area is 185 Å². The molecule has 0 spiro atoms. The van der Waals surface area contributed by atoms with Gasteiger partial charge in [0, 0.05) is 13.1 Å². The van der Waals surface area contributed by atoms with Crippen molar-refractivity contribution in [1.29, 1.82) is 0 Å². The topological polar surface area (TPSA) is 86.8 Å². The second-order valence-electron chi connectivity index (χ2n) is 7.62. The Balaban J connectivity index is 2.38. The number of aryl methyl sites for hydroxylation is 2. The molecule has 0 radical (unpaired) electrons. The average molecular weight is 446 g/mol. The van der Waals surface area contributed by atoms with Crippen molar-refractivity contribution >= 4 is 27.5 Å². The number of hydrogen-bond donors (Lipinski definition) is 1. The number of sulfonamides is 1. The minimum Gasteiger partial charge on any atom is -0.355 e. The van der Waals surface area contributed by atoms with Gasteiger partial charge in [0.1, 0.15) is 12.6 Å². The fourth-order valence-electron chi connectivity index (χ4n) is 3.20. The first-order valence-electron chi connectivity index (χ1n) is 10.2. The second kappa shape index (κ2) is 10.4. The van der Waals surface area contributed by atoms with Crippen molar-refractivity contribution in [2.75, 3.05) is 23.7 Å². The molecule has 0 aromatic heterocycles. The minimum atomic E-state index is -3.71. The highest BCUT2D eigenvalue weighted by molar-refractivity contribution is 7.92. The third-order valence-electron chi connectivity index (χ3n) is 5.12. The number of nitrogens with one attached hydrogen (secondary N) is 1. The maximum atomic E-state index is 13.3. The Morgan fingerprint density at radius 3 is 2.19 bits per heavy atom. The molecular formula is C23H31N3O4S. The summed E-state index contributed by atoms with van der Waals surface area (Å²) in [5.74, 6) is -0.737. The van der Waals surface area contributed by atoms with Crippen LogP contribution in [0.15, 0.2) is 48.5 Å². The molecule has 1 N–H and O–H groups in total. The largest absolute Gasteiger partial charge is 0.355 e. The summed E-state index contributed by atoms with van der Waals surface area (Å²) in [4.78, 5) is 27.3. The summed E-state index contributed by atoms with van der Waals surface area (Å²) < 4.78 is 26.0. The summed E-state index contributed by atoms with van der Waals surface area (Å²) in [7, 11) is -3.71. The lowest BCUT2D eigenvalue weighted by Gasteiger charge is -2.31. The molecule has 7 nitrogen and oxygen atoms in total.